The summed E-state index contributed by atoms with van der Waals surface area (Å²) in [6.07, 6.45) is 0. The van der Waals surface area contributed by atoms with Gasteiger partial charge in [0.1, 0.15) is 0 Å². The number of nitrogens with one attached hydrogen (secondary N) is 1. The van der Waals surface area contributed by atoms with Crippen LogP contribution in [0.4, 0.5) is 0 Å². The van der Waals surface area contributed by atoms with Crippen LogP contribution >= 0.6 is 0 Å². The predicted molar refractivity (Wildman–Crippen MR) is 44.7 cm³/mol. The monoisotopic (exact) mass is 159 g/mol. The lowest BCUT2D eigenvalue weighted by molar-refractivity contribution is -0.123. The van der Waals surface area contributed by atoms with E-state index in [1.807, 2.05) is 32.7 Å². The largest absolute Gasteiger partial charge is 0.293 e. The molecule has 0 saturated carbocycles. The van der Waals surface area contributed by atoms with Gasteiger partial charge in [-0.1, -0.05) is 0 Å². The average Bonchev–Trinajstić information content (AvgIpc) is 1.85. The fourth-order valence-electron chi connectivity index (χ4n) is 0.498. The van der Waals surface area contributed by atoms with Crippen LogP contribution in [0, 0.1) is 0 Å². The van der Waals surface area contributed by atoms with Crippen molar-refractivity contribution in [1.29, 1.82) is 0 Å². The van der Waals surface area contributed by atoms with Gasteiger partial charge in [-0.05, 0) is 27.8 Å². The molecule has 0 aliphatic rings. The molecule has 3 N–H and O–H groups in total. The van der Waals surface area contributed by atoms with Crippen LogP contribution in [-0.4, -0.2) is 29.9 Å². The van der Waals surface area contributed by atoms with E-state index in [-0.39, 0.29) is 11.4 Å². The fourth-order valence-corrected chi connectivity index (χ4v) is 0.498. The molecule has 1 amide bonds. The van der Waals surface area contributed by atoms with Crippen LogP contribution in [0.25, 0.3) is 0 Å². The number of hydrogen-bond donors (Lipinski definition) is 2. The zero-order valence-electron chi connectivity index (χ0n) is 7.64. The Kier molecular flexibility index (Phi) is 3.48. The molecule has 0 bridgehead atoms. The quantitative estimate of drug-likeness (QED) is 0.330. The fraction of sp³-hybridized carbons (Fsp3) is 0.857. The zero-order chi connectivity index (χ0) is 9.07. The zero-order valence-corrected chi connectivity index (χ0v) is 7.64. The van der Waals surface area contributed by atoms with E-state index in [0.717, 1.165) is 0 Å². The highest BCUT2D eigenvalue weighted by atomic mass is 16.2. The molecule has 4 nitrogen and oxygen atoms in total. The van der Waals surface area contributed by atoms with E-state index in [0.29, 0.717) is 6.54 Å². The third-order valence-electron chi connectivity index (χ3n) is 1.69. The highest BCUT2D eigenvalue weighted by Gasteiger charge is 2.18. The van der Waals surface area contributed by atoms with Gasteiger partial charge in [0, 0.05) is 5.54 Å². The number of nitrogens with two attached hydrogens (primary N) is 1. The van der Waals surface area contributed by atoms with Crippen LogP contribution in [0.3, 0.4) is 0 Å². The summed E-state index contributed by atoms with van der Waals surface area (Å²) < 4.78 is 0. The Labute approximate surface area is 67.7 Å². The van der Waals surface area contributed by atoms with Gasteiger partial charge < -0.3 is 0 Å². The lowest BCUT2D eigenvalue weighted by Crippen LogP contribution is -2.46. The Hall–Kier alpha value is -0.610. The minimum atomic E-state index is -0.164. The van der Waals surface area contributed by atoms with E-state index in [4.69, 9.17) is 5.84 Å². The van der Waals surface area contributed by atoms with Gasteiger partial charge in [-0.2, -0.15) is 0 Å². The number of hydrazine groups is 1. The lowest BCUT2D eigenvalue weighted by atomic mass is 10.1. The normalized spacial score (nSPS) is 11.8. The summed E-state index contributed by atoms with van der Waals surface area (Å²) in [6.45, 7) is 6.45. The molecule has 0 radical (unpaired) electrons. The van der Waals surface area contributed by atoms with Crippen LogP contribution in [0.2, 0.25) is 0 Å². The summed E-state index contributed by atoms with van der Waals surface area (Å²) in [6, 6.07) is 0. The van der Waals surface area contributed by atoms with Crippen molar-refractivity contribution in [3.8, 4) is 0 Å². The second-order valence-corrected chi connectivity index (χ2v) is 3.59. The summed E-state index contributed by atoms with van der Waals surface area (Å²) in [5.41, 5.74) is 2.09. The predicted octanol–water partition coefficient (Wildman–Crippen LogP) is -0.293. The number of carbonyl (C=O) groups is 1. The molecule has 0 aliphatic heterocycles. The van der Waals surface area contributed by atoms with Gasteiger partial charge in [0.15, 0.2) is 0 Å². The van der Waals surface area contributed by atoms with Crippen molar-refractivity contribution in [3.63, 3.8) is 0 Å². The van der Waals surface area contributed by atoms with E-state index >= 15 is 0 Å². The highest BCUT2D eigenvalue weighted by Crippen LogP contribution is 2.08. The van der Waals surface area contributed by atoms with Crippen LogP contribution in [0.5, 0.6) is 0 Å². The van der Waals surface area contributed by atoms with Crippen molar-refractivity contribution in [2.75, 3.05) is 13.6 Å². The Morgan fingerprint density at radius 1 is 1.55 bits per heavy atom. The summed E-state index contributed by atoms with van der Waals surface area (Å²) in [4.78, 5) is 12.7. The molecule has 0 heterocycles. The molecular weight excluding hydrogens is 142 g/mol. The molecular formula is C7H17N3O. The summed E-state index contributed by atoms with van der Waals surface area (Å²) in [5.74, 6) is 4.77. The molecule has 0 saturated heterocycles. The van der Waals surface area contributed by atoms with Gasteiger partial charge in [0.05, 0.1) is 6.54 Å². The number of hydrogen-bond acceptors (Lipinski definition) is 3. The topological polar surface area (TPSA) is 58.4 Å². The first kappa shape index (κ1) is 10.4. The van der Waals surface area contributed by atoms with E-state index in [2.05, 4.69) is 5.43 Å². The molecule has 4 heteroatoms. The lowest BCUT2D eigenvalue weighted by Gasteiger charge is -2.30. The van der Waals surface area contributed by atoms with E-state index < -0.39 is 0 Å². The van der Waals surface area contributed by atoms with Crippen molar-refractivity contribution < 1.29 is 4.79 Å². The third kappa shape index (κ3) is 3.95. The second kappa shape index (κ2) is 3.69. The summed E-state index contributed by atoms with van der Waals surface area (Å²) in [5, 5.41) is 0. The molecule has 66 valence electrons. The van der Waals surface area contributed by atoms with Gasteiger partial charge in [0.2, 0.25) is 5.91 Å². The van der Waals surface area contributed by atoms with Crippen LogP contribution in [-0.2, 0) is 4.79 Å². The van der Waals surface area contributed by atoms with Crippen LogP contribution in [0.15, 0.2) is 0 Å². The van der Waals surface area contributed by atoms with Crippen molar-refractivity contribution in [3.05, 3.63) is 0 Å². The number of amides is 1. The van der Waals surface area contributed by atoms with Crippen molar-refractivity contribution in [2.45, 2.75) is 26.3 Å². The SMILES string of the molecule is CN(CC(=O)NN)C(C)(C)C. The van der Waals surface area contributed by atoms with Gasteiger partial charge in [-0.25, -0.2) is 5.84 Å². The first-order chi connectivity index (χ1) is 4.88. The molecule has 0 aromatic heterocycles. The van der Waals surface area contributed by atoms with Crippen molar-refractivity contribution in [2.24, 2.45) is 5.84 Å². The number of carbonyl (C=O) groups excluding carboxylic acids is 1. The van der Waals surface area contributed by atoms with Crippen LogP contribution < -0.4 is 11.3 Å². The Bertz CT molecular complexity index is 139. The molecule has 0 aromatic carbocycles. The van der Waals surface area contributed by atoms with Gasteiger partial charge in [-0.15, -0.1) is 0 Å². The minimum absolute atomic E-state index is 0.00646. The van der Waals surface area contributed by atoms with Gasteiger partial charge in [0.25, 0.3) is 0 Å². The van der Waals surface area contributed by atoms with E-state index in [1.54, 1.807) is 0 Å². The molecule has 0 spiro atoms. The Balaban J connectivity index is 3.87. The first-order valence-electron chi connectivity index (χ1n) is 3.58. The molecule has 0 aromatic rings. The summed E-state index contributed by atoms with van der Waals surface area (Å²) >= 11 is 0. The Morgan fingerprint density at radius 3 is 2.27 bits per heavy atom. The van der Waals surface area contributed by atoms with E-state index in [9.17, 15) is 4.79 Å². The average molecular weight is 159 g/mol. The molecule has 0 aliphatic carbocycles. The standard InChI is InChI=1S/C7H17N3O/c1-7(2,3)10(4)5-6(11)9-8/h5,8H2,1-4H3,(H,9,11). The van der Waals surface area contributed by atoms with Gasteiger partial charge in [-0.3, -0.25) is 15.1 Å². The first-order valence-corrected chi connectivity index (χ1v) is 3.58. The molecule has 0 fully saturated rings. The maximum atomic E-state index is 10.8. The molecule has 11 heavy (non-hydrogen) atoms. The van der Waals surface area contributed by atoms with Crippen molar-refractivity contribution in [1.82, 2.24) is 10.3 Å². The second-order valence-electron chi connectivity index (χ2n) is 3.59. The number of nitrogens with zero attached hydrogens (tertiary/aromatic N) is 1. The third-order valence-corrected chi connectivity index (χ3v) is 1.69. The minimum Gasteiger partial charge on any atom is -0.293 e. The van der Waals surface area contributed by atoms with E-state index in [1.165, 1.54) is 0 Å². The molecule has 0 atom stereocenters. The maximum Gasteiger partial charge on any atom is 0.248 e. The number of rotatable bonds is 2. The molecule has 0 unspecified atom stereocenters. The highest BCUT2D eigenvalue weighted by molar-refractivity contribution is 5.77. The van der Waals surface area contributed by atoms with Gasteiger partial charge >= 0.3 is 0 Å². The maximum absolute atomic E-state index is 10.8. The number of likely N-dealkylation sites (N-methyl/N-ethyl adjacent to an activating group) is 1. The smallest absolute Gasteiger partial charge is 0.248 e. The van der Waals surface area contributed by atoms with Crippen LogP contribution in [0.1, 0.15) is 20.8 Å². The Morgan fingerprint density at radius 2 is 2.00 bits per heavy atom. The van der Waals surface area contributed by atoms with Crippen molar-refractivity contribution >= 4 is 5.91 Å². The molecule has 0 rings (SSSR count). The summed E-state index contributed by atoms with van der Waals surface area (Å²) in [7, 11) is 1.88.